The summed E-state index contributed by atoms with van der Waals surface area (Å²) in [6, 6.07) is 4.78. The molecule has 0 aliphatic carbocycles. The third-order valence-electron chi connectivity index (χ3n) is 3.06. The van der Waals surface area contributed by atoms with E-state index in [1.54, 1.807) is 0 Å². The van der Waals surface area contributed by atoms with Crippen molar-refractivity contribution < 1.29 is 26.7 Å². The number of carboxylic acids is 1. The molecule has 1 saturated heterocycles. The zero-order chi connectivity index (χ0) is 14.3. The van der Waals surface area contributed by atoms with Gasteiger partial charge in [-0.15, -0.1) is 0 Å². The van der Waals surface area contributed by atoms with Gasteiger partial charge in [0.1, 0.15) is 0 Å². The molecule has 19 heavy (non-hydrogen) atoms. The van der Waals surface area contributed by atoms with Crippen LogP contribution in [-0.4, -0.2) is 44.7 Å². The van der Waals surface area contributed by atoms with Crippen molar-refractivity contribution in [2.24, 2.45) is 0 Å². The van der Waals surface area contributed by atoms with Gasteiger partial charge in [-0.3, -0.25) is 0 Å². The summed E-state index contributed by atoms with van der Waals surface area (Å²) in [6.07, 6.45) is 0.0886. The van der Waals surface area contributed by atoms with Crippen molar-refractivity contribution in [3.05, 3.63) is 29.8 Å². The zero-order valence-electron chi connectivity index (χ0n) is 9.81. The first kappa shape index (κ1) is 14.0. The van der Waals surface area contributed by atoms with Gasteiger partial charge in [-0.05, 0) is 30.7 Å². The number of benzene rings is 1. The zero-order valence-corrected chi connectivity index (χ0v) is 11.4. The van der Waals surface area contributed by atoms with Crippen molar-refractivity contribution in [3.63, 3.8) is 0 Å². The summed E-state index contributed by atoms with van der Waals surface area (Å²) >= 11 is 0. The highest BCUT2D eigenvalue weighted by atomic mass is 32.2. The Labute approximate surface area is 110 Å². The summed E-state index contributed by atoms with van der Waals surface area (Å²) in [5.74, 6) is -1.63. The fraction of sp³-hybridized carbons (Fsp3) is 0.364. The highest BCUT2D eigenvalue weighted by Crippen LogP contribution is 2.25. The number of carbonyl (C=O) groups is 1. The Morgan fingerprint density at radius 3 is 2.21 bits per heavy atom. The third-order valence-corrected chi connectivity index (χ3v) is 7.25. The van der Waals surface area contributed by atoms with E-state index in [1.807, 2.05) is 0 Å². The highest BCUT2D eigenvalue weighted by Gasteiger charge is 2.37. The predicted octanol–water partition coefficient (Wildman–Crippen LogP) is 0.346. The maximum Gasteiger partial charge on any atom is 0.335 e. The van der Waals surface area contributed by atoms with E-state index in [2.05, 4.69) is 0 Å². The average molecular weight is 304 g/mol. The average Bonchev–Trinajstić information content (AvgIpc) is 2.70. The van der Waals surface area contributed by atoms with E-state index >= 15 is 0 Å². The van der Waals surface area contributed by atoms with Crippen LogP contribution in [0.4, 0.5) is 0 Å². The second kappa shape index (κ2) is 4.61. The summed E-state index contributed by atoms with van der Waals surface area (Å²) in [5, 5.41) is 7.79. The Hall–Kier alpha value is -1.41. The van der Waals surface area contributed by atoms with Crippen LogP contribution in [0, 0.1) is 0 Å². The van der Waals surface area contributed by atoms with Gasteiger partial charge >= 0.3 is 5.97 Å². The van der Waals surface area contributed by atoms with Crippen molar-refractivity contribution >= 4 is 25.6 Å². The number of hydrogen-bond acceptors (Lipinski definition) is 5. The second-order valence-corrected chi connectivity index (χ2v) is 8.86. The van der Waals surface area contributed by atoms with Crippen LogP contribution in [0.1, 0.15) is 16.8 Å². The molecule has 0 radical (unpaired) electrons. The molecule has 0 bridgehead atoms. The molecule has 104 valence electrons. The van der Waals surface area contributed by atoms with E-state index in [-0.39, 0.29) is 28.4 Å². The van der Waals surface area contributed by atoms with Gasteiger partial charge in [0.15, 0.2) is 19.7 Å². The minimum absolute atomic E-state index is 0.0157. The normalized spacial score (nSPS) is 22.2. The SMILES string of the molecule is O=C(O)c1ccc(S(=O)(=O)[C@H]2CCS(=O)(=O)C2)cc1. The van der Waals surface area contributed by atoms with E-state index in [9.17, 15) is 21.6 Å². The molecule has 1 heterocycles. The molecule has 1 fully saturated rings. The van der Waals surface area contributed by atoms with Crippen LogP contribution in [0.15, 0.2) is 29.2 Å². The van der Waals surface area contributed by atoms with E-state index in [4.69, 9.17) is 5.11 Å². The van der Waals surface area contributed by atoms with Crippen molar-refractivity contribution in [1.82, 2.24) is 0 Å². The molecule has 1 atom stereocenters. The van der Waals surface area contributed by atoms with Gasteiger partial charge in [0.05, 0.1) is 27.2 Å². The van der Waals surface area contributed by atoms with Crippen molar-refractivity contribution in [2.45, 2.75) is 16.6 Å². The van der Waals surface area contributed by atoms with Gasteiger partial charge in [-0.25, -0.2) is 21.6 Å². The third kappa shape index (κ3) is 2.79. The molecule has 6 nitrogen and oxygen atoms in total. The molecule has 1 N–H and O–H groups in total. The Bertz CT molecular complexity index is 700. The number of aromatic carboxylic acids is 1. The Morgan fingerprint density at radius 2 is 1.79 bits per heavy atom. The number of sulfone groups is 2. The summed E-state index contributed by atoms with van der Waals surface area (Å²) in [6.45, 7) is 0. The van der Waals surface area contributed by atoms with Gasteiger partial charge in [0.25, 0.3) is 0 Å². The van der Waals surface area contributed by atoms with Crippen LogP contribution in [0.2, 0.25) is 0 Å². The lowest BCUT2D eigenvalue weighted by Crippen LogP contribution is -2.22. The Morgan fingerprint density at radius 1 is 1.21 bits per heavy atom. The number of carboxylic acid groups (broad SMARTS) is 1. The lowest BCUT2D eigenvalue weighted by atomic mass is 10.2. The number of hydrogen-bond donors (Lipinski definition) is 1. The first-order valence-corrected chi connectivity index (χ1v) is 8.87. The Kier molecular flexibility index (Phi) is 3.40. The maximum atomic E-state index is 12.2. The van der Waals surface area contributed by atoms with Gasteiger partial charge < -0.3 is 5.11 Å². The Balaban J connectivity index is 2.33. The first-order valence-electron chi connectivity index (χ1n) is 5.50. The minimum Gasteiger partial charge on any atom is -0.478 e. The first-order chi connectivity index (χ1) is 8.72. The minimum atomic E-state index is -3.72. The molecule has 2 rings (SSSR count). The molecule has 0 amide bonds. The largest absolute Gasteiger partial charge is 0.478 e. The molecular formula is C11H12O6S2. The molecule has 1 aliphatic rings. The highest BCUT2D eigenvalue weighted by molar-refractivity contribution is 7.96. The van der Waals surface area contributed by atoms with E-state index in [0.717, 1.165) is 0 Å². The fourth-order valence-corrected chi connectivity index (χ4v) is 6.34. The summed E-state index contributed by atoms with van der Waals surface area (Å²) in [5.41, 5.74) is -0.0157. The lowest BCUT2D eigenvalue weighted by Gasteiger charge is -2.10. The van der Waals surface area contributed by atoms with Crippen molar-refractivity contribution in [3.8, 4) is 0 Å². The molecule has 0 aromatic heterocycles. The van der Waals surface area contributed by atoms with Gasteiger partial charge in [-0.2, -0.15) is 0 Å². The van der Waals surface area contributed by atoms with Crippen molar-refractivity contribution in [1.29, 1.82) is 0 Å². The molecule has 0 unspecified atom stereocenters. The number of rotatable bonds is 3. The fourth-order valence-electron chi connectivity index (χ4n) is 1.99. The predicted molar refractivity (Wildman–Crippen MR) is 67.6 cm³/mol. The van der Waals surface area contributed by atoms with Crippen LogP contribution < -0.4 is 0 Å². The van der Waals surface area contributed by atoms with Crippen LogP contribution in [0.5, 0.6) is 0 Å². The summed E-state index contributed by atoms with van der Waals surface area (Å²) in [4.78, 5) is 10.6. The van der Waals surface area contributed by atoms with Crippen LogP contribution in [0.3, 0.4) is 0 Å². The van der Waals surface area contributed by atoms with Crippen LogP contribution >= 0.6 is 0 Å². The molecule has 0 spiro atoms. The molecule has 8 heteroatoms. The summed E-state index contributed by atoms with van der Waals surface area (Å²) in [7, 11) is -7.01. The van der Waals surface area contributed by atoms with E-state index in [1.165, 1.54) is 24.3 Å². The monoisotopic (exact) mass is 304 g/mol. The van der Waals surface area contributed by atoms with Gasteiger partial charge in [-0.1, -0.05) is 0 Å². The maximum absolute atomic E-state index is 12.2. The standard InChI is InChI=1S/C11H12O6S2/c12-11(13)8-1-3-9(4-2-8)19(16,17)10-5-6-18(14,15)7-10/h1-4,10H,5-7H2,(H,12,13)/t10-/m0/s1. The van der Waals surface area contributed by atoms with Crippen LogP contribution in [0.25, 0.3) is 0 Å². The van der Waals surface area contributed by atoms with Crippen molar-refractivity contribution in [2.75, 3.05) is 11.5 Å². The lowest BCUT2D eigenvalue weighted by molar-refractivity contribution is 0.0696. The molecule has 0 saturated carbocycles. The topological polar surface area (TPSA) is 106 Å². The van der Waals surface area contributed by atoms with Gasteiger partial charge in [0.2, 0.25) is 0 Å². The molecular weight excluding hydrogens is 292 g/mol. The smallest absolute Gasteiger partial charge is 0.335 e. The van der Waals surface area contributed by atoms with E-state index in [0.29, 0.717) is 0 Å². The second-order valence-electron chi connectivity index (χ2n) is 4.40. The van der Waals surface area contributed by atoms with E-state index < -0.39 is 30.9 Å². The van der Waals surface area contributed by atoms with Crippen LogP contribution in [-0.2, 0) is 19.7 Å². The molecule has 1 aromatic rings. The molecule has 1 aliphatic heterocycles. The van der Waals surface area contributed by atoms with Gasteiger partial charge in [0, 0.05) is 0 Å². The quantitative estimate of drug-likeness (QED) is 0.863. The molecule has 1 aromatic carbocycles. The summed E-state index contributed by atoms with van der Waals surface area (Å²) < 4.78 is 47.0.